The van der Waals surface area contributed by atoms with Crippen LogP contribution in [0.5, 0.6) is 5.75 Å². The van der Waals surface area contributed by atoms with Crippen molar-refractivity contribution in [1.29, 1.82) is 0 Å². The van der Waals surface area contributed by atoms with Crippen molar-refractivity contribution in [1.82, 2.24) is 0 Å². The van der Waals surface area contributed by atoms with Crippen LogP contribution in [0.25, 0.3) is 5.57 Å². The van der Waals surface area contributed by atoms with E-state index in [9.17, 15) is 0 Å². The zero-order valence-electron chi connectivity index (χ0n) is 11.4. The van der Waals surface area contributed by atoms with Gasteiger partial charge in [-0.15, -0.1) is 0 Å². The second-order valence-electron chi connectivity index (χ2n) is 5.16. The molecule has 2 N–H and O–H groups in total. The largest absolute Gasteiger partial charge is 0.491 e. The van der Waals surface area contributed by atoms with Crippen LogP contribution in [0.2, 0.25) is 0 Å². The lowest BCUT2D eigenvalue weighted by Gasteiger charge is -2.14. The number of fused-ring (bicyclic) bond motifs is 1. The number of allylic oxidation sites excluding steroid dienone is 1. The summed E-state index contributed by atoms with van der Waals surface area (Å²) < 4.78 is 5.79. The summed E-state index contributed by atoms with van der Waals surface area (Å²) in [7, 11) is 0. The SMILES string of the molecule is CC(C)Oc1ccc2c(c1)/C(=C/CN)CCCC2. The molecule has 1 aliphatic carbocycles. The van der Waals surface area contributed by atoms with Crippen molar-refractivity contribution >= 4 is 5.57 Å². The van der Waals surface area contributed by atoms with Gasteiger partial charge < -0.3 is 10.5 Å². The smallest absolute Gasteiger partial charge is 0.120 e. The lowest BCUT2D eigenvalue weighted by molar-refractivity contribution is 0.242. The minimum Gasteiger partial charge on any atom is -0.491 e. The summed E-state index contributed by atoms with van der Waals surface area (Å²) >= 11 is 0. The van der Waals surface area contributed by atoms with E-state index in [1.165, 1.54) is 36.0 Å². The van der Waals surface area contributed by atoms with E-state index >= 15 is 0 Å². The van der Waals surface area contributed by atoms with Crippen molar-refractivity contribution in [3.8, 4) is 5.75 Å². The third-order valence-electron chi connectivity index (χ3n) is 3.31. The lowest BCUT2D eigenvalue weighted by Crippen LogP contribution is -2.06. The van der Waals surface area contributed by atoms with Gasteiger partial charge in [0.1, 0.15) is 5.75 Å². The topological polar surface area (TPSA) is 35.2 Å². The quantitative estimate of drug-likeness (QED) is 0.827. The molecule has 0 heterocycles. The Bertz CT molecular complexity index is 435. The third kappa shape index (κ3) is 3.14. The Kier molecular flexibility index (Phi) is 4.43. The molecule has 2 heteroatoms. The van der Waals surface area contributed by atoms with Crippen LogP contribution in [0.4, 0.5) is 0 Å². The van der Waals surface area contributed by atoms with Crippen LogP contribution in [-0.2, 0) is 6.42 Å². The molecule has 0 aliphatic heterocycles. The molecule has 1 aliphatic rings. The minimum absolute atomic E-state index is 0.218. The maximum atomic E-state index is 5.79. The molecule has 0 fully saturated rings. The van der Waals surface area contributed by atoms with Crippen LogP contribution >= 0.6 is 0 Å². The normalized spacial score (nSPS) is 17.7. The van der Waals surface area contributed by atoms with Crippen molar-refractivity contribution in [2.24, 2.45) is 5.73 Å². The first-order chi connectivity index (χ1) is 8.70. The predicted octanol–water partition coefficient (Wildman–Crippen LogP) is 3.54. The third-order valence-corrected chi connectivity index (χ3v) is 3.31. The number of nitrogens with two attached hydrogens (primary N) is 1. The van der Waals surface area contributed by atoms with Gasteiger partial charge in [0.2, 0.25) is 0 Å². The molecule has 1 aromatic rings. The second kappa shape index (κ2) is 6.05. The van der Waals surface area contributed by atoms with Crippen molar-refractivity contribution < 1.29 is 4.74 Å². The van der Waals surface area contributed by atoms with Crippen LogP contribution in [0.3, 0.4) is 0 Å². The minimum atomic E-state index is 0.218. The summed E-state index contributed by atoms with van der Waals surface area (Å²) in [5, 5.41) is 0. The fourth-order valence-corrected chi connectivity index (χ4v) is 2.54. The van der Waals surface area contributed by atoms with Crippen LogP contribution in [0.15, 0.2) is 24.3 Å². The number of ether oxygens (including phenoxy) is 1. The van der Waals surface area contributed by atoms with Crippen molar-refractivity contribution in [3.63, 3.8) is 0 Å². The molecule has 0 radical (unpaired) electrons. The molecular formula is C16H23NO. The van der Waals surface area contributed by atoms with Gasteiger partial charge in [-0.1, -0.05) is 12.1 Å². The van der Waals surface area contributed by atoms with Gasteiger partial charge in [-0.2, -0.15) is 0 Å². The van der Waals surface area contributed by atoms with E-state index in [1.807, 2.05) is 0 Å². The molecule has 0 amide bonds. The van der Waals surface area contributed by atoms with Crippen molar-refractivity contribution in [2.45, 2.75) is 45.6 Å². The fraction of sp³-hybridized carbons (Fsp3) is 0.500. The lowest BCUT2D eigenvalue weighted by atomic mass is 9.98. The maximum absolute atomic E-state index is 5.79. The summed E-state index contributed by atoms with van der Waals surface area (Å²) in [5.41, 5.74) is 9.84. The van der Waals surface area contributed by atoms with Crippen LogP contribution < -0.4 is 10.5 Å². The van der Waals surface area contributed by atoms with E-state index in [-0.39, 0.29) is 6.10 Å². The number of aryl methyl sites for hydroxylation is 1. The highest BCUT2D eigenvalue weighted by molar-refractivity contribution is 5.70. The highest BCUT2D eigenvalue weighted by Crippen LogP contribution is 2.32. The van der Waals surface area contributed by atoms with Gasteiger partial charge in [0.05, 0.1) is 6.10 Å². The highest BCUT2D eigenvalue weighted by atomic mass is 16.5. The van der Waals surface area contributed by atoms with Crippen molar-refractivity contribution in [3.05, 3.63) is 35.4 Å². The molecule has 1 aromatic carbocycles. The van der Waals surface area contributed by atoms with Gasteiger partial charge >= 0.3 is 0 Å². The zero-order chi connectivity index (χ0) is 13.0. The average molecular weight is 245 g/mol. The summed E-state index contributed by atoms with van der Waals surface area (Å²) in [4.78, 5) is 0. The van der Waals surface area contributed by atoms with Crippen LogP contribution in [-0.4, -0.2) is 12.6 Å². The first kappa shape index (κ1) is 13.2. The molecule has 0 saturated heterocycles. The van der Waals surface area contributed by atoms with E-state index < -0.39 is 0 Å². The van der Waals surface area contributed by atoms with Crippen LogP contribution in [0, 0.1) is 0 Å². The maximum Gasteiger partial charge on any atom is 0.120 e. The molecule has 0 aromatic heterocycles. The Morgan fingerprint density at radius 3 is 2.78 bits per heavy atom. The van der Waals surface area contributed by atoms with E-state index in [1.54, 1.807) is 0 Å². The first-order valence-electron chi connectivity index (χ1n) is 6.89. The molecule has 0 saturated carbocycles. The van der Waals surface area contributed by atoms with E-state index in [0.29, 0.717) is 6.54 Å². The highest BCUT2D eigenvalue weighted by Gasteiger charge is 2.13. The first-order valence-corrected chi connectivity index (χ1v) is 6.89. The van der Waals surface area contributed by atoms with Gasteiger partial charge in [-0.25, -0.2) is 0 Å². The zero-order valence-corrected chi connectivity index (χ0v) is 11.4. The van der Waals surface area contributed by atoms with E-state index in [2.05, 4.69) is 38.1 Å². The van der Waals surface area contributed by atoms with Gasteiger partial charge in [0.25, 0.3) is 0 Å². The number of benzene rings is 1. The molecule has 0 unspecified atom stereocenters. The molecule has 98 valence electrons. The standard InChI is InChI=1S/C16H23NO/c1-12(2)18-15-8-7-13-5-3-4-6-14(9-10-17)16(13)11-15/h7-9,11-12H,3-6,10,17H2,1-2H3/b14-9+. The number of rotatable bonds is 3. The summed E-state index contributed by atoms with van der Waals surface area (Å²) in [6.45, 7) is 4.73. The Balaban J connectivity index is 2.36. The Hall–Kier alpha value is -1.28. The van der Waals surface area contributed by atoms with Gasteiger partial charge in [0, 0.05) is 6.54 Å². The Morgan fingerprint density at radius 2 is 2.06 bits per heavy atom. The van der Waals surface area contributed by atoms with E-state index in [0.717, 1.165) is 12.2 Å². The fourth-order valence-electron chi connectivity index (χ4n) is 2.54. The molecule has 2 rings (SSSR count). The van der Waals surface area contributed by atoms with Gasteiger partial charge in [0.15, 0.2) is 0 Å². The molecule has 0 spiro atoms. The molecular weight excluding hydrogens is 222 g/mol. The van der Waals surface area contributed by atoms with Crippen LogP contribution in [0.1, 0.15) is 44.2 Å². The molecule has 0 atom stereocenters. The van der Waals surface area contributed by atoms with Gasteiger partial charge in [-0.3, -0.25) is 0 Å². The number of hydrogen-bond acceptors (Lipinski definition) is 2. The summed E-state index contributed by atoms with van der Waals surface area (Å²) in [6.07, 6.45) is 7.19. The Morgan fingerprint density at radius 1 is 1.28 bits per heavy atom. The van der Waals surface area contributed by atoms with Gasteiger partial charge in [-0.05, 0) is 68.4 Å². The molecule has 0 bridgehead atoms. The average Bonchev–Trinajstić information content (AvgIpc) is 2.52. The molecule has 2 nitrogen and oxygen atoms in total. The summed E-state index contributed by atoms with van der Waals surface area (Å²) in [6, 6.07) is 6.48. The Labute approximate surface area is 110 Å². The predicted molar refractivity (Wildman–Crippen MR) is 76.8 cm³/mol. The van der Waals surface area contributed by atoms with E-state index in [4.69, 9.17) is 10.5 Å². The molecule has 18 heavy (non-hydrogen) atoms. The van der Waals surface area contributed by atoms with Crippen molar-refractivity contribution in [2.75, 3.05) is 6.54 Å². The summed E-state index contributed by atoms with van der Waals surface area (Å²) in [5.74, 6) is 0.966. The number of hydrogen-bond donors (Lipinski definition) is 1. The monoisotopic (exact) mass is 245 g/mol. The second-order valence-corrected chi connectivity index (χ2v) is 5.16.